The molecule has 2 aromatic heterocycles. The monoisotopic (exact) mass is 388 g/mol. The maximum absolute atomic E-state index is 12.5. The maximum Gasteiger partial charge on any atom is 0.340 e. The fourth-order valence-electron chi connectivity index (χ4n) is 3.97. The van der Waals surface area contributed by atoms with E-state index in [-0.39, 0.29) is 12.5 Å². The van der Waals surface area contributed by atoms with Crippen LogP contribution in [0.5, 0.6) is 0 Å². The van der Waals surface area contributed by atoms with Crippen LogP contribution < -0.4 is 0 Å². The van der Waals surface area contributed by atoms with Crippen LogP contribution in [0.25, 0.3) is 0 Å². The fraction of sp³-hybridized carbons (Fsp3) is 0.524. The van der Waals surface area contributed by atoms with Crippen molar-refractivity contribution in [2.45, 2.75) is 40.7 Å². The first-order chi connectivity index (χ1) is 12.8. The van der Waals surface area contributed by atoms with Gasteiger partial charge in [-0.3, -0.25) is 4.79 Å². The minimum absolute atomic E-state index is 0.103. The summed E-state index contributed by atoms with van der Waals surface area (Å²) in [6.07, 6.45) is 1.14. The van der Waals surface area contributed by atoms with E-state index in [1.165, 1.54) is 4.88 Å². The van der Waals surface area contributed by atoms with Gasteiger partial charge in [-0.05, 0) is 49.6 Å². The number of rotatable bonds is 5. The number of aromatic nitrogens is 1. The van der Waals surface area contributed by atoms with E-state index in [1.807, 2.05) is 36.3 Å². The van der Waals surface area contributed by atoms with E-state index in [0.29, 0.717) is 17.4 Å². The number of piperidine rings is 1. The largest absolute Gasteiger partial charge is 0.452 e. The number of aryl methyl sites for hydroxylation is 1. The van der Waals surface area contributed by atoms with Crippen LogP contribution in [0, 0.1) is 25.7 Å². The number of ether oxygens (including phenoxy) is 1. The molecule has 146 valence electrons. The van der Waals surface area contributed by atoms with Crippen molar-refractivity contribution in [1.82, 2.24) is 9.47 Å². The van der Waals surface area contributed by atoms with Crippen LogP contribution in [0.1, 0.15) is 46.9 Å². The molecule has 1 amide bonds. The van der Waals surface area contributed by atoms with Gasteiger partial charge in [0.15, 0.2) is 6.61 Å². The average molecular weight is 389 g/mol. The van der Waals surface area contributed by atoms with Crippen LogP contribution in [0.15, 0.2) is 23.6 Å². The lowest BCUT2D eigenvalue weighted by atomic mass is 9.92. The van der Waals surface area contributed by atoms with Crippen LogP contribution in [0.3, 0.4) is 0 Å². The molecular formula is C21H28N2O3S. The molecule has 1 aliphatic rings. The van der Waals surface area contributed by atoms with E-state index < -0.39 is 5.97 Å². The van der Waals surface area contributed by atoms with Crippen molar-refractivity contribution < 1.29 is 14.3 Å². The number of likely N-dealkylation sites (tertiary alicyclic amines) is 1. The Morgan fingerprint density at radius 3 is 2.56 bits per heavy atom. The first-order valence-electron chi connectivity index (χ1n) is 9.49. The van der Waals surface area contributed by atoms with Crippen molar-refractivity contribution in [1.29, 1.82) is 0 Å². The molecule has 1 saturated heterocycles. The highest BCUT2D eigenvalue weighted by atomic mass is 32.1. The number of amides is 1. The number of carbonyl (C=O) groups is 2. The number of hydrogen-bond donors (Lipinski definition) is 0. The lowest BCUT2D eigenvalue weighted by Gasteiger charge is -2.34. The zero-order valence-corrected chi connectivity index (χ0v) is 17.3. The highest BCUT2D eigenvalue weighted by Crippen LogP contribution is 2.22. The predicted octanol–water partition coefficient (Wildman–Crippen LogP) is 3.88. The Bertz CT molecular complexity index is 800. The van der Waals surface area contributed by atoms with Gasteiger partial charge >= 0.3 is 5.97 Å². The highest BCUT2D eigenvalue weighted by Gasteiger charge is 2.26. The van der Waals surface area contributed by atoms with E-state index in [9.17, 15) is 9.59 Å². The van der Waals surface area contributed by atoms with Gasteiger partial charge in [-0.15, -0.1) is 11.3 Å². The Hall–Kier alpha value is -2.08. The summed E-state index contributed by atoms with van der Waals surface area (Å²) in [5, 5.41) is 2.05. The lowest BCUT2D eigenvalue weighted by Crippen LogP contribution is -2.44. The van der Waals surface area contributed by atoms with Crippen molar-refractivity contribution in [2.24, 2.45) is 11.8 Å². The molecule has 27 heavy (non-hydrogen) atoms. The second kappa shape index (κ2) is 8.30. The summed E-state index contributed by atoms with van der Waals surface area (Å²) < 4.78 is 7.47. The van der Waals surface area contributed by atoms with Crippen molar-refractivity contribution >= 4 is 23.2 Å². The smallest absolute Gasteiger partial charge is 0.340 e. The van der Waals surface area contributed by atoms with Crippen LogP contribution in [-0.2, 0) is 16.1 Å². The number of esters is 1. The topological polar surface area (TPSA) is 51.5 Å². The highest BCUT2D eigenvalue weighted by molar-refractivity contribution is 7.09. The first kappa shape index (κ1) is 19.7. The Morgan fingerprint density at radius 2 is 1.93 bits per heavy atom. The number of hydrogen-bond acceptors (Lipinski definition) is 4. The van der Waals surface area contributed by atoms with Gasteiger partial charge < -0.3 is 14.2 Å². The van der Waals surface area contributed by atoms with Crippen molar-refractivity contribution in [3.05, 3.63) is 45.4 Å². The van der Waals surface area contributed by atoms with Crippen molar-refractivity contribution in [3.63, 3.8) is 0 Å². The molecular weight excluding hydrogens is 360 g/mol. The summed E-state index contributed by atoms with van der Waals surface area (Å²) in [6, 6.07) is 5.96. The third-order valence-corrected chi connectivity index (χ3v) is 6.10. The summed E-state index contributed by atoms with van der Waals surface area (Å²) in [5.41, 5.74) is 2.42. The second-order valence-electron chi connectivity index (χ2n) is 7.77. The number of carbonyl (C=O) groups excluding carboxylic acids is 2. The van der Waals surface area contributed by atoms with E-state index in [1.54, 1.807) is 11.3 Å². The van der Waals surface area contributed by atoms with E-state index in [4.69, 9.17) is 4.74 Å². The number of thiophene rings is 1. The molecule has 6 heteroatoms. The second-order valence-corrected chi connectivity index (χ2v) is 8.80. The summed E-state index contributed by atoms with van der Waals surface area (Å²) in [5.74, 6) is 0.454. The van der Waals surface area contributed by atoms with E-state index in [2.05, 4.69) is 24.5 Å². The van der Waals surface area contributed by atoms with E-state index >= 15 is 0 Å². The molecule has 0 spiro atoms. The molecule has 1 fully saturated rings. The molecule has 0 saturated carbocycles. The third kappa shape index (κ3) is 4.61. The molecule has 3 heterocycles. The predicted molar refractivity (Wildman–Crippen MR) is 107 cm³/mol. The molecule has 5 nitrogen and oxygen atoms in total. The summed E-state index contributed by atoms with van der Waals surface area (Å²) in [4.78, 5) is 28.0. The average Bonchev–Trinajstić information content (AvgIpc) is 3.22. The standard InChI is InChI=1S/C21H28N2O3S/c1-14-8-15(2)11-22(10-14)20(24)13-26-21(25)19-9-16(3)23(17(19)4)12-18-6-5-7-27-18/h5-7,9,14-15H,8,10-13H2,1-4H3/t14-,15-/m1/s1. The molecule has 2 atom stereocenters. The van der Waals surface area contributed by atoms with Crippen molar-refractivity contribution in [2.75, 3.05) is 19.7 Å². The molecule has 3 rings (SSSR count). The quantitative estimate of drug-likeness (QED) is 0.731. The third-order valence-electron chi connectivity index (χ3n) is 5.24. The molecule has 2 aromatic rings. The van der Waals surface area contributed by atoms with Crippen LogP contribution >= 0.6 is 11.3 Å². The van der Waals surface area contributed by atoms with Gasteiger partial charge in [0.2, 0.25) is 0 Å². The van der Waals surface area contributed by atoms with Gasteiger partial charge in [0.25, 0.3) is 5.91 Å². The molecule has 0 aliphatic carbocycles. The Morgan fingerprint density at radius 1 is 1.22 bits per heavy atom. The molecule has 0 unspecified atom stereocenters. The van der Waals surface area contributed by atoms with Crippen LogP contribution in [-0.4, -0.2) is 41.0 Å². The summed E-state index contributed by atoms with van der Waals surface area (Å²) >= 11 is 1.70. The number of nitrogens with zero attached hydrogens (tertiary/aromatic N) is 2. The molecule has 0 radical (unpaired) electrons. The normalized spacial score (nSPS) is 19.9. The van der Waals surface area contributed by atoms with Gasteiger partial charge in [-0.25, -0.2) is 4.79 Å². The molecule has 1 aliphatic heterocycles. The van der Waals surface area contributed by atoms with Crippen LogP contribution in [0.2, 0.25) is 0 Å². The van der Waals surface area contributed by atoms with E-state index in [0.717, 1.165) is 37.4 Å². The minimum atomic E-state index is -0.424. The van der Waals surface area contributed by atoms with Gasteiger partial charge in [0.05, 0.1) is 12.1 Å². The zero-order chi connectivity index (χ0) is 19.6. The molecule has 0 bridgehead atoms. The Labute approximate surface area is 164 Å². The van der Waals surface area contributed by atoms with Gasteiger partial charge in [0.1, 0.15) is 0 Å². The molecule has 0 aromatic carbocycles. The van der Waals surface area contributed by atoms with Crippen molar-refractivity contribution in [3.8, 4) is 0 Å². The summed E-state index contributed by atoms with van der Waals surface area (Å²) in [7, 11) is 0. The maximum atomic E-state index is 12.5. The Kier molecular flexibility index (Phi) is 6.05. The van der Waals surface area contributed by atoms with Gasteiger partial charge in [0, 0.05) is 29.4 Å². The lowest BCUT2D eigenvalue weighted by molar-refractivity contribution is -0.137. The fourth-order valence-corrected chi connectivity index (χ4v) is 4.67. The zero-order valence-electron chi connectivity index (χ0n) is 16.5. The summed E-state index contributed by atoms with van der Waals surface area (Å²) in [6.45, 7) is 10.3. The minimum Gasteiger partial charge on any atom is -0.452 e. The van der Waals surface area contributed by atoms with Gasteiger partial charge in [-0.2, -0.15) is 0 Å². The SMILES string of the molecule is Cc1cc(C(=O)OCC(=O)N2C[C@H](C)C[C@@H](C)C2)c(C)n1Cc1cccs1. The van der Waals surface area contributed by atoms with Crippen LogP contribution in [0.4, 0.5) is 0 Å². The van der Waals surface area contributed by atoms with Gasteiger partial charge in [-0.1, -0.05) is 19.9 Å². The Balaban J connectivity index is 1.62. The first-order valence-corrected chi connectivity index (χ1v) is 10.4. The molecule has 0 N–H and O–H groups in total.